The zero-order chi connectivity index (χ0) is 23.6. The molecule has 0 atom stereocenters. The number of ether oxygens (including phenoxy) is 1. The molecule has 0 saturated carbocycles. The van der Waals surface area contributed by atoms with Gasteiger partial charge in [-0.1, -0.05) is 31.5 Å². The van der Waals surface area contributed by atoms with Crippen LogP contribution in [0.4, 0.5) is 11.4 Å². The van der Waals surface area contributed by atoms with E-state index in [1.54, 1.807) is 48.5 Å². The van der Waals surface area contributed by atoms with Gasteiger partial charge in [-0.25, -0.2) is 0 Å². The maximum Gasteiger partial charge on any atom is 0.257 e. The average molecular weight is 462 g/mol. The first kappa shape index (κ1) is 23.9. The molecular formula is C26H27N3O3S. The first-order chi connectivity index (χ1) is 15.9. The summed E-state index contributed by atoms with van der Waals surface area (Å²) in [4.78, 5) is 25.1. The molecule has 3 aromatic rings. The predicted octanol–water partition coefficient (Wildman–Crippen LogP) is 5.55. The molecule has 0 spiro atoms. The lowest BCUT2D eigenvalue weighted by Gasteiger charge is -2.12. The summed E-state index contributed by atoms with van der Waals surface area (Å²) in [6.07, 6.45) is 2.04. The Bertz CT molecular complexity index is 1130. The van der Waals surface area contributed by atoms with Crippen molar-refractivity contribution in [3.63, 3.8) is 0 Å². The molecular weight excluding hydrogens is 434 g/mol. The van der Waals surface area contributed by atoms with Gasteiger partial charge in [-0.2, -0.15) is 0 Å². The number of carbonyl (C=O) groups excluding carboxylic acids is 2. The van der Waals surface area contributed by atoms with Crippen LogP contribution in [0, 0.1) is 6.92 Å². The monoisotopic (exact) mass is 461 g/mol. The Labute approximate surface area is 199 Å². The van der Waals surface area contributed by atoms with Gasteiger partial charge in [0.05, 0.1) is 6.61 Å². The zero-order valence-corrected chi connectivity index (χ0v) is 19.5. The summed E-state index contributed by atoms with van der Waals surface area (Å²) in [5.41, 5.74) is 3.31. The number of carbonyl (C=O) groups is 2. The third-order valence-electron chi connectivity index (χ3n) is 4.77. The fourth-order valence-corrected chi connectivity index (χ4v) is 3.25. The lowest BCUT2D eigenvalue weighted by Crippen LogP contribution is -2.34. The summed E-state index contributed by atoms with van der Waals surface area (Å²) in [7, 11) is 0. The number of amides is 2. The van der Waals surface area contributed by atoms with Crippen molar-refractivity contribution in [2.75, 3.05) is 17.2 Å². The predicted molar refractivity (Wildman–Crippen MR) is 136 cm³/mol. The number of hydrogen-bond donors (Lipinski definition) is 3. The smallest absolute Gasteiger partial charge is 0.257 e. The van der Waals surface area contributed by atoms with Crippen LogP contribution in [0.15, 0.2) is 72.8 Å². The molecule has 170 valence electrons. The molecule has 0 bridgehead atoms. The summed E-state index contributed by atoms with van der Waals surface area (Å²) < 4.78 is 5.61. The molecule has 3 N–H and O–H groups in total. The van der Waals surface area contributed by atoms with Crippen molar-refractivity contribution in [2.45, 2.75) is 26.7 Å². The molecule has 33 heavy (non-hydrogen) atoms. The van der Waals surface area contributed by atoms with Crippen molar-refractivity contribution >= 4 is 40.5 Å². The number of hydrogen-bond acceptors (Lipinski definition) is 4. The summed E-state index contributed by atoms with van der Waals surface area (Å²) >= 11 is 5.27. The molecule has 0 aliphatic heterocycles. The molecule has 6 nitrogen and oxygen atoms in total. The normalized spacial score (nSPS) is 10.2. The van der Waals surface area contributed by atoms with Crippen LogP contribution in [0.3, 0.4) is 0 Å². The number of thiocarbonyl (C=S) groups is 1. The summed E-state index contributed by atoms with van der Waals surface area (Å²) in [5.74, 6) is 0.155. The van der Waals surface area contributed by atoms with E-state index in [-0.39, 0.29) is 16.9 Å². The van der Waals surface area contributed by atoms with E-state index >= 15 is 0 Å². The van der Waals surface area contributed by atoms with Crippen molar-refractivity contribution < 1.29 is 14.3 Å². The minimum absolute atomic E-state index is 0.138. The van der Waals surface area contributed by atoms with E-state index in [2.05, 4.69) is 22.9 Å². The second-order valence-electron chi connectivity index (χ2n) is 7.54. The quantitative estimate of drug-likeness (QED) is 0.303. The molecule has 3 aromatic carbocycles. The minimum atomic E-state index is -0.332. The lowest BCUT2D eigenvalue weighted by molar-refractivity contribution is 0.0976. The Hall–Kier alpha value is -3.71. The number of benzene rings is 3. The summed E-state index contributed by atoms with van der Waals surface area (Å²) in [6, 6.07) is 21.4. The standard InChI is InChI=1S/C26H27N3O3S/c1-3-4-15-32-23-13-11-19(12-14-23)24(30)29-26(33)28-22-10-6-8-20(17-22)25(31)27-21-9-5-7-18(2)16-21/h5-14,16-17H,3-4,15H2,1-2H3,(H,27,31)(H2,28,29,30,33). The first-order valence-corrected chi connectivity index (χ1v) is 11.2. The lowest BCUT2D eigenvalue weighted by atomic mass is 10.1. The van der Waals surface area contributed by atoms with E-state index in [1.165, 1.54) is 0 Å². The van der Waals surface area contributed by atoms with Crippen molar-refractivity contribution in [1.29, 1.82) is 0 Å². The molecule has 2 amide bonds. The Morgan fingerprint density at radius 1 is 0.848 bits per heavy atom. The minimum Gasteiger partial charge on any atom is -0.494 e. The van der Waals surface area contributed by atoms with Gasteiger partial charge >= 0.3 is 0 Å². The molecule has 0 aliphatic rings. The Kier molecular flexibility index (Phi) is 8.55. The molecule has 7 heteroatoms. The van der Waals surface area contributed by atoms with Crippen LogP contribution < -0.4 is 20.7 Å². The van der Waals surface area contributed by atoms with E-state index in [1.807, 2.05) is 31.2 Å². The van der Waals surface area contributed by atoms with Crippen LogP contribution in [0.5, 0.6) is 5.75 Å². The van der Waals surface area contributed by atoms with E-state index in [0.717, 1.165) is 29.8 Å². The van der Waals surface area contributed by atoms with Gasteiger partial charge in [-0.05, 0) is 85.7 Å². The van der Waals surface area contributed by atoms with Crippen LogP contribution in [0.2, 0.25) is 0 Å². The molecule has 3 rings (SSSR count). The summed E-state index contributed by atoms with van der Waals surface area (Å²) in [5, 5.41) is 8.62. The summed E-state index contributed by atoms with van der Waals surface area (Å²) in [6.45, 7) is 4.72. The van der Waals surface area contributed by atoms with Crippen molar-refractivity contribution in [3.8, 4) is 5.75 Å². The van der Waals surface area contributed by atoms with Gasteiger partial charge in [0.15, 0.2) is 5.11 Å². The third kappa shape index (κ3) is 7.43. The fourth-order valence-electron chi connectivity index (χ4n) is 3.04. The Morgan fingerprint density at radius 3 is 2.24 bits per heavy atom. The second kappa shape index (κ2) is 11.8. The molecule has 0 aromatic heterocycles. The topological polar surface area (TPSA) is 79.5 Å². The molecule has 0 aliphatic carbocycles. The van der Waals surface area contributed by atoms with Crippen LogP contribution in [0.25, 0.3) is 0 Å². The van der Waals surface area contributed by atoms with Crippen LogP contribution in [-0.2, 0) is 0 Å². The van der Waals surface area contributed by atoms with E-state index in [4.69, 9.17) is 17.0 Å². The molecule has 0 heterocycles. The number of unbranched alkanes of at least 4 members (excludes halogenated alkanes) is 1. The van der Waals surface area contributed by atoms with E-state index < -0.39 is 0 Å². The highest BCUT2D eigenvalue weighted by Crippen LogP contribution is 2.16. The van der Waals surface area contributed by atoms with Gasteiger partial charge in [0.1, 0.15) is 5.75 Å². The number of aryl methyl sites for hydroxylation is 1. The van der Waals surface area contributed by atoms with Crippen molar-refractivity contribution in [3.05, 3.63) is 89.5 Å². The van der Waals surface area contributed by atoms with Gasteiger partial charge in [0, 0.05) is 22.5 Å². The highest BCUT2D eigenvalue weighted by atomic mass is 32.1. The van der Waals surface area contributed by atoms with Crippen molar-refractivity contribution in [1.82, 2.24) is 5.32 Å². The average Bonchev–Trinajstić information content (AvgIpc) is 2.80. The van der Waals surface area contributed by atoms with Crippen LogP contribution in [0.1, 0.15) is 46.0 Å². The maximum atomic E-state index is 12.6. The van der Waals surface area contributed by atoms with Gasteiger partial charge in [-0.15, -0.1) is 0 Å². The highest BCUT2D eigenvalue weighted by molar-refractivity contribution is 7.80. The van der Waals surface area contributed by atoms with E-state index in [9.17, 15) is 9.59 Å². The molecule has 0 fully saturated rings. The zero-order valence-electron chi connectivity index (χ0n) is 18.7. The second-order valence-corrected chi connectivity index (χ2v) is 7.95. The first-order valence-electron chi connectivity index (χ1n) is 10.8. The Balaban J connectivity index is 1.55. The van der Waals surface area contributed by atoms with Crippen molar-refractivity contribution in [2.24, 2.45) is 0 Å². The fraction of sp³-hybridized carbons (Fsp3) is 0.192. The SMILES string of the molecule is CCCCOc1ccc(C(=O)NC(=S)Nc2cccc(C(=O)Nc3cccc(C)c3)c2)cc1. The highest BCUT2D eigenvalue weighted by Gasteiger charge is 2.10. The Morgan fingerprint density at radius 2 is 1.55 bits per heavy atom. The maximum absolute atomic E-state index is 12.6. The van der Waals surface area contributed by atoms with Gasteiger partial charge in [0.2, 0.25) is 0 Å². The van der Waals surface area contributed by atoms with Gasteiger partial charge in [0.25, 0.3) is 11.8 Å². The molecule has 0 radical (unpaired) electrons. The van der Waals surface area contributed by atoms with E-state index in [0.29, 0.717) is 23.4 Å². The number of nitrogens with one attached hydrogen (secondary N) is 3. The number of rotatable bonds is 8. The largest absolute Gasteiger partial charge is 0.494 e. The molecule has 0 unspecified atom stereocenters. The van der Waals surface area contributed by atoms with Crippen LogP contribution >= 0.6 is 12.2 Å². The molecule has 0 saturated heterocycles. The van der Waals surface area contributed by atoms with Gasteiger partial charge < -0.3 is 15.4 Å². The van der Waals surface area contributed by atoms with Crippen LogP contribution in [-0.4, -0.2) is 23.5 Å². The third-order valence-corrected chi connectivity index (χ3v) is 4.97. The number of anilines is 2. The van der Waals surface area contributed by atoms with Gasteiger partial charge in [-0.3, -0.25) is 14.9 Å².